The number of aryl methyl sites for hydroxylation is 3. The Morgan fingerprint density at radius 2 is 1.86 bits per heavy atom. The van der Waals surface area contributed by atoms with Gasteiger partial charge in [-0.3, -0.25) is 9.59 Å². The van der Waals surface area contributed by atoms with E-state index in [0.717, 1.165) is 11.1 Å². The number of benzene rings is 1. The van der Waals surface area contributed by atoms with Crippen molar-refractivity contribution in [1.29, 1.82) is 0 Å². The lowest BCUT2D eigenvalue weighted by molar-refractivity contribution is -0.118. The lowest BCUT2D eigenvalue weighted by Gasteiger charge is -2.12. The SMILES string of the molecule is Cc1cccc(C)c1OCC(=O)Nc1cccn(C)c1=O. The van der Waals surface area contributed by atoms with E-state index in [-0.39, 0.29) is 23.8 Å². The molecule has 2 rings (SSSR count). The molecule has 1 aromatic heterocycles. The molecule has 0 saturated heterocycles. The first-order valence-electron chi connectivity index (χ1n) is 6.63. The number of hydrogen-bond donors (Lipinski definition) is 1. The Hall–Kier alpha value is -2.56. The molecule has 1 amide bonds. The van der Waals surface area contributed by atoms with Gasteiger partial charge in [-0.2, -0.15) is 0 Å². The quantitative estimate of drug-likeness (QED) is 0.935. The van der Waals surface area contributed by atoms with Crippen molar-refractivity contribution in [2.45, 2.75) is 13.8 Å². The van der Waals surface area contributed by atoms with Gasteiger partial charge in [0, 0.05) is 13.2 Å². The summed E-state index contributed by atoms with van der Waals surface area (Å²) in [6.45, 7) is 3.71. The van der Waals surface area contributed by atoms with Gasteiger partial charge >= 0.3 is 0 Å². The molecule has 2 aromatic rings. The number of carbonyl (C=O) groups excluding carboxylic acids is 1. The molecule has 0 bridgehead atoms. The highest BCUT2D eigenvalue weighted by molar-refractivity contribution is 5.91. The van der Waals surface area contributed by atoms with Crippen LogP contribution in [-0.2, 0) is 11.8 Å². The van der Waals surface area contributed by atoms with Crippen LogP contribution >= 0.6 is 0 Å². The van der Waals surface area contributed by atoms with Crippen LogP contribution in [0.5, 0.6) is 5.75 Å². The first kappa shape index (κ1) is 14.8. The number of nitrogens with one attached hydrogen (secondary N) is 1. The van der Waals surface area contributed by atoms with Gasteiger partial charge < -0.3 is 14.6 Å². The summed E-state index contributed by atoms with van der Waals surface area (Å²) in [5.74, 6) is 0.342. The number of ether oxygens (including phenoxy) is 1. The number of rotatable bonds is 4. The van der Waals surface area contributed by atoms with Crippen molar-refractivity contribution in [2.24, 2.45) is 7.05 Å². The minimum absolute atomic E-state index is 0.135. The summed E-state index contributed by atoms with van der Waals surface area (Å²) in [6, 6.07) is 9.05. The number of para-hydroxylation sites is 1. The lowest BCUT2D eigenvalue weighted by atomic mass is 10.1. The lowest BCUT2D eigenvalue weighted by Crippen LogP contribution is -2.27. The van der Waals surface area contributed by atoms with Crippen LogP contribution in [0.1, 0.15) is 11.1 Å². The smallest absolute Gasteiger partial charge is 0.274 e. The largest absolute Gasteiger partial charge is 0.483 e. The standard InChI is InChI=1S/C16H18N2O3/c1-11-6-4-7-12(2)15(11)21-10-14(19)17-13-8-5-9-18(3)16(13)20/h4-9H,10H2,1-3H3,(H,17,19). The van der Waals surface area contributed by atoms with Crippen LogP contribution in [0.2, 0.25) is 0 Å². The fraction of sp³-hybridized carbons (Fsp3) is 0.250. The first-order valence-corrected chi connectivity index (χ1v) is 6.63. The molecule has 1 N–H and O–H groups in total. The average molecular weight is 286 g/mol. The highest BCUT2D eigenvalue weighted by Gasteiger charge is 2.09. The van der Waals surface area contributed by atoms with E-state index in [4.69, 9.17) is 4.74 Å². The molecule has 1 heterocycles. The maximum absolute atomic E-state index is 11.9. The number of hydrogen-bond acceptors (Lipinski definition) is 3. The molecule has 0 atom stereocenters. The van der Waals surface area contributed by atoms with Crippen molar-refractivity contribution < 1.29 is 9.53 Å². The van der Waals surface area contributed by atoms with E-state index in [2.05, 4.69) is 5.32 Å². The molecule has 5 heteroatoms. The van der Waals surface area contributed by atoms with Crippen LogP contribution in [-0.4, -0.2) is 17.1 Å². The van der Waals surface area contributed by atoms with Gasteiger partial charge in [0.2, 0.25) is 0 Å². The van der Waals surface area contributed by atoms with E-state index >= 15 is 0 Å². The summed E-state index contributed by atoms with van der Waals surface area (Å²) in [7, 11) is 1.63. The van der Waals surface area contributed by atoms with Gasteiger partial charge in [-0.1, -0.05) is 18.2 Å². The Morgan fingerprint density at radius 3 is 2.52 bits per heavy atom. The Labute approximate surface area is 123 Å². The Bertz CT molecular complexity index is 699. The molecule has 1 aromatic carbocycles. The zero-order chi connectivity index (χ0) is 15.4. The molecule has 0 aliphatic carbocycles. The minimum Gasteiger partial charge on any atom is -0.483 e. The number of aromatic nitrogens is 1. The van der Waals surface area contributed by atoms with E-state index < -0.39 is 0 Å². The van der Waals surface area contributed by atoms with Crippen LogP contribution < -0.4 is 15.6 Å². The molecule has 0 spiro atoms. The predicted octanol–water partition coefficient (Wildman–Crippen LogP) is 2.02. The predicted molar refractivity (Wildman–Crippen MR) is 81.7 cm³/mol. The van der Waals surface area contributed by atoms with E-state index in [1.54, 1.807) is 25.4 Å². The zero-order valence-corrected chi connectivity index (χ0v) is 12.3. The minimum atomic E-state index is -0.360. The number of amides is 1. The molecule has 0 radical (unpaired) electrons. The van der Waals surface area contributed by atoms with Gasteiger partial charge in [0.05, 0.1) is 0 Å². The average Bonchev–Trinajstić information content (AvgIpc) is 2.43. The van der Waals surface area contributed by atoms with Crippen molar-refractivity contribution in [1.82, 2.24) is 4.57 Å². The van der Waals surface area contributed by atoms with Gasteiger partial charge in [0.1, 0.15) is 11.4 Å². The fourth-order valence-electron chi connectivity index (χ4n) is 2.04. The van der Waals surface area contributed by atoms with E-state index in [9.17, 15) is 9.59 Å². The second-order valence-corrected chi connectivity index (χ2v) is 4.90. The fourth-order valence-corrected chi connectivity index (χ4v) is 2.04. The molecule has 0 unspecified atom stereocenters. The van der Waals surface area contributed by atoms with Crippen LogP contribution in [0.25, 0.3) is 0 Å². The van der Waals surface area contributed by atoms with E-state index in [1.165, 1.54) is 4.57 Å². The van der Waals surface area contributed by atoms with E-state index in [0.29, 0.717) is 5.75 Å². The maximum atomic E-state index is 11.9. The normalized spacial score (nSPS) is 10.2. The molecular weight excluding hydrogens is 268 g/mol. The molecule has 0 saturated carbocycles. The van der Waals surface area contributed by atoms with Crippen LogP contribution in [0.3, 0.4) is 0 Å². The Morgan fingerprint density at radius 1 is 1.19 bits per heavy atom. The third kappa shape index (κ3) is 3.51. The molecule has 21 heavy (non-hydrogen) atoms. The highest BCUT2D eigenvalue weighted by atomic mass is 16.5. The summed E-state index contributed by atoms with van der Waals surface area (Å²) >= 11 is 0. The van der Waals surface area contributed by atoms with Crippen molar-refractivity contribution >= 4 is 11.6 Å². The van der Waals surface area contributed by atoms with Crippen molar-refractivity contribution in [3.63, 3.8) is 0 Å². The summed E-state index contributed by atoms with van der Waals surface area (Å²) in [5, 5.41) is 2.56. The Kier molecular flexibility index (Phi) is 4.42. The Balaban J connectivity index is 2.03. The summed E-state index contributed by atoms with van der Waals surface area (Å²) < 4.78 is 6.96. The maximum Gasteiger partial charge on any atom is 0.274 e. The van der Waals surface area contributed by atoms with E-state index in [1.807, 2.05) is 32.0 Å². The van der Waals surface area contributed by atoms with Crippen LogP contribution in [0, 0.1) is 13.8 Å². The van der Waals surface area contributed by atoms with Crippen molar-refractivity contribution in [3.8, 4) is 5.75 Å². The summed E-state index contributed by atoms with van der Waals surface area (Å²) in [4.78, 5) is 23.7. The van der Waals surface area contributed by atoms with Gasteiger partial charge in [-0.05, 0) is 37.1 Å². The van der Waals surface area contributed by atoms with Crippen molar-refractivity contribution in [3.05, 3.63) is 58.0 Å². The van der Waals surface area contributed by atoms with Crippen LogP contribution in [0.4, 0.5) is 5.69 Å². The second-order valence-electron chi connectivity index (χ2n) is 4.90. The monoisotopic (exact) mass is 286 g/mol. The topological polar surface area (TPSA) is 60.3 Å². The molecule has 0 aliphatic rings. The van der Waals surface area contributed by atoms with Crippen molar-refractivity contribution in [2.75, 3.05) is 11.9 Å². The third-order valence-electron chi connectivity index (χ3n) is 3.15. The summed E-state index contributed by atoms with van der Waals surface area (Å²) in [6.07, 6.45) is 1.63. The second kappa shape index (κ2) is 6.26. The van der Waals surface area contributed by atoms with Crippen LogP contribution in [0.15, 0.2) is 41.3 Å². The molecule has 5 nitrogen and oxygen atoms in total. The molecule has 110 valence electrons. The van der Waals surface area contributed by atoms with Gasteiger partial charge in [0.25, 0.3) is 11.5 Å². The number of carbonyl (C=O) groups is 1. The number of nitrogens with zero attached hydrogens (tertiary/aromatic N) is 1. The molecular formula is C16H18N2O3. The number of pyridine rings is 1. The third-order valence-corrected chi connectivity index (χ3v) is 3.15. The van der Waals surface area contributed by atoms with Gasteiger partial charge in [-0.15, -0.1) is 0 Å². The molecule has 0 aliphatic heterocycles. The number of anilines is 1. The molecule has 0 fully saturated rings. The van der Waals surface area contributed by atoms with Gasteiger partial charge in [-0.25, -0.2) is 0 Å². The summed E-state index contributed by atoms with van der Waals surface area (Å²) in [5.41, 5.74) is 1.94. The first-order chi connectivity index (χ1) is 9.99. The highest BCUT2D eigenvalue weighted by Crippen LogP contribution is 2.22. The van der Waals surface area contributed by atoms with Gasteiger partial charge in [0.15, 0.2) is 6.61 Å². The zero-order valence-electron chi connectivity index (χ0n) is 12.3.